The van der Waals surface area contributed by atoms with E-state index in [-0.39, 0.29) is 11.7 Å². The Hall–Kier alpha value is -3.79. The van der Waals surface area contributed by atoms with Crippen molar-refractivity contribution in [3.63, 3.8) is 0 Å². The van der Waals surface area contributed by atoms with Crippen LogP contribution in [0.2, 0.25) is 0 Å². The summed E-state index contributed by atoms with van der Waals surface area (Å²) in [5, 5.41) is 2.24. The molecule has 3 aromatic carbocycles. The molecular weight excluding hydrogens is 430 g/mol. The van der Waals surface area contributed by atoms with E-state index in [1.54, 1.807) is 0 Å². The van der Waals surface area contributed by atoms with Gasteiger partial charge in [-0.15, -0.1) is 0 Å². The van der Waals surface area contributed by atoms with Crippen molar-refractivity contribution in [3.8, 4) is 0 Å². The summed E-state index contributed by atoms with van der Waals surface area (Å²) in [4.78, 5) is 9.73. The number of aryl methyl sites for hydroxylation is 3. The van der Waals surface area contributed by atoms with E-state index in [9.17, 15) is 0 Å². The number of benzene rings is 3. The molecule has 4 nitrogen and oxygen atoms in total. The lowest BCUT2D eigenvalue weighted by Gasteiger charge is -2.43. The van der Waals surface area contributed by atoms with Gasteiger partial charge in [0.05, 0.1) is 16.9 Å². The minimum atomic E-state index is -0.321. The minimum absolute atomic E-state index is 0.122. The molecule has 176 valence electrons. The van der Waals surface area contributed by atoms with E-state index in [4.69, 9.17) is 4.42 Å². The Morgan fingerprint density at radius 1 is 0.771 bits per heavy atom. The predicted molar refractivity (Wildman–Crippen MR) is 146 cm³/mol. The van der Waals surface area contributed by atoms with Crippen LogP contribution in [0.25, 0.3) is 22.1 Å². The molecule has 0 aliphatic carbocycles. The highest BCUT2D eigenvalue weighted by Gasteiger charge is 2.44. The first kappa shape index (κ1) is 21.7. The molecule has 2 aromatic heterocycles. The molecule has 0 saturated heterocycles. The molecule has 0 fully saturated rings. The lowest BCUT2D eigenvalue weighted by Crippen LogP contribution is -2.49. The van der Waals surface area contributed by atoms with Gasteiger partial charge < -0.3 is 14.2 Å². The number of fused-ring (bicyclic) bond motifs is 4. The molecule has 0 N–H and O–H groups in total. The maximum Gasteiger partial charge on any atom is 0.227 e. The van der Waals surface area contributed by atoms with Crippen molar-refractivity contribution in [2.75, 3.05) is 9.80 Å². The Labute approximate surface area is 206 Å². The molecule has 0 saturated carbocycles. The maximum atomic E-state index is 6.25. The van der Waals surface area contributed by atoms with Gasteiger partial charge in [0, 0.05) is 22.2 Å². The molecule has 0 amide bonds. The second kappa shape index (κ2) is 7.61. The normalized spacial score (nSPS) is 15.9. The summed E-state index contributed by atoms with van der Waals surface area (Å²) in [7, 11) is 0. The smallest absolute Gasteiger partial charge is 0.227 e. The van der Waals surface area contributed by atoms with Crippen LogP contribution in [-0.4, -0.2) is 11.1 Å². The van der Waals surface area contributed by atoms with Crippen LogP contribution in [0.5, 0.6) is 0 Å². The summed E-state index contributed by atoms with van der Waals surface area (Å²) in [6.07, 6.45) is 0.122. The summed E-state index contributed by atoms with van der Waals surface area (Å²) >= 11 is 0. The van der Waals surface area contributed by atoms with Gasteiger partial charge in [-0.1, -0.05) is 36.4 Å². The molecule has 5 aromatic rings. The van der Waals surface area contributed by atoms with Gasteiger partial charge in [-0.25, -0.2) is 4.98 Å². The average Bonchev–Trinajstić information content (AvgIpc) is 3.33. The third-order valence-corrected chi connectivity index (χ3v) is 7.59. The van der Waals surface area contributed by atoms with Crippen LogP contribution < -0.4 is 9.80 Å². The highest BCUT2D eigenvalue weighted by molar-refractivity contribution is 6.06. The first-order chi connectivity index (χ1) is 16.8. The topological polar surface area (TPSA) is 32.5 Å². The first-order valence-corrected chi connectivity index (χ1v) is 12.3. The molecule has 6 rings (SSSR count). The van der Waals surface area contributed by atoms with E-state index in [1.165, 1.54) is 33.8 Å². The molecule has 4 heteroatoms. The minimum Gasteiger partial charge on any atom is -0.438 e. The van der Waals surface area contributed by atoms with Crippen molar-refractivity contribution in [2.24, 2.45) is 0 Å². The largest absolute Gasteiger partial charge is 0.438 e. The predicted octanol–water partition coefficient (Wildman–Crippen LogP) is 8.15. The quantitative estimate of drug-likeness (QED) is 0.271. The average molecular weight is 462 g/mol. The maximum absolute atomic E-state index is 6.25. The molecule has 1 aliphatic rings. The van der Waals surface area contributed by atoms with Crippen molar-refractivity contribution in [2.45, 2.75) is 53.2 Å². The number of anilines is 3. The Balaban J connectivity index is 1.60. The fourth-order valence-electron chi connectivity index (χ4n) is 6.18. The van der Waals surface area contributed by atoms with Gasteiger partial charge in [0.1, 0.15) is 11.7 Å². The molecule has 0 spiro atoms. The molecule has 0 bridgehead atoms. The third kappa shape index (κ3) is 3.09. The van der Waals surface area contributed by atoms with Crippen LogP contribution >= 0.6 is 0 Å². The summed E-state index contributed by atoms with van der Waals surface area (Å²) in [6.45, 7) is 13.4. The Bertz CT molecular complexity index is 1600. The van der Waals surface area contributed by atoms with Crippen LogP contribution in [0, 0.1) is 20.8 Å². The number of pyridine rings is 1. The first-order valence-electron chi connectivity index (χ1n) is 12.3. The van der Waals surface area contributed by atoms with Gasteiger partial charge in [-0.3, -0.25) is 0 Å². The van der Waals surface area contributed by atoms with Crippen molar-refractivity contribution in [1.29, 1.82) is 0 Å². The van der Waals surface area contributed by atoms with E-state index in [2.05, 4.69) is 122 Å². The van der Waals surface area contributed by atoms with E-state index >= 15 is 0 Å². The molecule has 3 heterocycles. The van der Waals surface area contributed by atoms with E-state index in [1.807, 2.05) is 6.92 Å². The highest BCUT2D eigenvalue weighted by Crippen LogP contribution is 2.51. The van der Waals surface area contributed by atoms with Gasteiger partial charge in [0.15, 0.2) is 0 Å². The number of aromatic nitrogens is 1. The SMILES string of the molecule is Cc1ccc2c(n1)oc1ccc(C)c(C(C)(C)N3c4ccccc4N(c4ccccc4C)[C@H]3C)c12. The van der Waals surface area contributed by atoms with Gasteiger partial charge in [-0.05, 0) is 94.6 Å². The van der Waals surface area contributed by atoms with E-state index < -0.39 is 0 Å². The summed E-state index contributed by atoms with van der Waals surface area (Å²) in [5.41, 5.74) is 9.78. The number of nitrogens with zero attached hydrogens (tertiary/aromatic N) is 3. The van der Waals surface area contributed by atoms with Crippen LogP contribution in [0.1, 0.15) is 43.2 Å². The third-order valence-electron chi connectivity index (χ3n) is 7.59. The molecule has 1 aliphatic heterocycles. The molecule has 0 unspecified atom stereocenters. The molecule has 1 atom stereocenters. The highest BCUT2D eigenvalue weighted by atomic mass is 16.3. The zero-order chi connectivity index (χ0) is 24.5. The van der Waals surface area contributed by atoms with E-state index in [0.717, 1.165) is 22.0 Å². The fourth-order valence-corrected chi connectivity index (χ4v) is 6.18. The number of rotatable bonds is 3. The molecule has 0 radical (unpaired) electrons. The number of hydrogen-bond acceptors (Lipinski definition) is 4. The fraction of sp³-hybridized carbons (Fsp3) is 0.258. The van der Waals surface area contributed by atoms with Gasteiger partial charge in [-0.2, -0.15) is 0 Å². The summed E-state index contributed by atoms with van der Waals surface area (Å²) < 4.78 is 6.25. The standard InChI is InChI=1S/C31H31N3O/c1-19-11-7-8-12-24(19)33-22(4)34(26-14-10-9-13-25(26)33)31(5,6)29-20(2)15-18-27-28(29)23-17-16-21(3)32-30(23)35-27/h7-18,22H,1-6H3/t22-/m1/s1. The summed E-state index contributed by atoms with van der Waals surface area (Å²) in [5.74, 6) is 0. The van der Waals surface area contributed by atoms with Crippen LogP contribution in [0.15, 0.2) is 77.2 Å². The molecule has 35 heavy (non-hydrogen) atoms. The van der Waals surface area contributed by atoms with E-state index in [0.29, 0.717) is 5.71 Å². The zero-order valence-corrected chi connectivity index (χ0v) is 21.3. The Morgan fingerprint density at radius 2 is 1.46 bits per heavy atom. The van der Waals surface area contributed by atoms with Gasteiger partial charge in [0.2, 0.25) is 5.71 Å². The monoisotopic (exact) mass is 461 g/mol. The Kier molecular flexibility index (Phi) is 4.72. The van der Waals surface area contributed by atoms with Gasteiger partial charge >= 0.3 is 0 Å². The molecular formula is C31H31N3O. The van der Waals surface area contributed by atoms with Crippen molar-refractivity contribution in [1.82, 2.24) is 4.98 Å². The second-order valence-corrected chi connectivity index (χ2v) is 10.2. The second-order valence-electron chi connectivity index (χ2n) is 10.2. The number of hydrogen-bond donors (Lipinski definition) is 0. The van der Waals surface area contributed by atoms with Crippen LogP contribution in [0.3, 0.4) is 0 Å². The number of furan rings is 1. The van der Waals surface area contributed by atoms with Crippen LogP contribution in [-0.2, 0) is 5.54 Å². The lowest BCUT2D eigenvalue weighted by atomic mass is 9.84. The van der Waals surface area contributed by atoms with Gasteiger partial charge in [0.25, 0.3) is 0 Å². The summed E-state index contributed by atoms with van der Waals surface area (Å²) in [6, 6.07) is 25.9. The van der Waals surface area contributed by atoms with Crippen molar-refractivity contribution in [3.05, 3.63) is 95.2 Å². The van der Waals surface area contributed by atoms with Crippen molar-refractivity contribution >= 4 is 39.1 Å². The Morgan fingerprint density at radius 3 is 2.20 bits per heavy atom. The lowest BCUT2D eigenvalue weighted by molar-refractivity contribution is 0.449. The van der Waals surface area contributed by atoms with Crippen LogP contribution in [0.4, 0.5) is 17.1 Å². The van der Waals surface area contributed by atoms with Crippen molar-refractivity contribution < 1.29 is 4.42 Å². The zero-order valence-electron chi connectivity index (χ0n) is 21.3. The number of para-hydroxylation sites is 3.